The summed E-state index contributed by atoms with van der Waals surface area (Å²) in [6, 6.07) is 0. The molecule has 0 aromatic carbocycles. The quantitative estimate of drug-likeness (QED) is 0.483. The van der Waals surface area contributed by atoms with Gasteiger partial charge in [-0.15, -0.1) is 0 Å². The molecule has 0 aromatic heterocycles. The second-order valence-corrected chi connectivity index (χ2v) is 2.95. The van der Waals surface area contributed by atoms with E-state index in [1.165, 1.54) is 0 Å². The summed E-state index contributed by atoms with van der Waals surface area (Å²) in [6.45, 7) is 0. The fourth-order valence-corrected chi connectivity index (χ4v) is 0.352. The number of rotatable bonds is 1. The van der Waals surface area contributed by atoms with Crippen LogP contribution in [0.2, 0.25) is 0 Å². The van der Waals surface area contributed by atoms with Gasteiger partial charge in [0.15, 0.2) is 10.0 Å². The van der Waals surface area contributed by atoms with Crippen molar-refractivity contribution in [1.82, 2.24) is 0 Å². The summed E-state index contributed by atoms with van der Waals surface area (Å²) in [5, 5.41) is 0. The van der Waals surface area contributed by atoms with E-state index in [0.717, 1.165) is 0 Å². The number of hydrogen-bond donors (Lipinski definition) is 0. The maximum Gasteiger partial charge on any atom is 1.00 e. The van der Waals surface area contributed by atoms with Gasteiger partial charge in [-0.05, 0) is 0 Å². The summed E-state index contributed by atoms with van der Waals surface area (Å²) in [7, 11) is -5.45. The summed E-state index contributed by atoms with van der Waals surface area (Å²) >= 11 is 4.09. The summed E-state index contributed by atoms with van der Waals surface area (Å²) < 4.78 is 54.0. The molecule has 56 valence electrons. The van der Waals surface area contributed by atoms with Gasteiger partial charge in [-0.25, -0.2) is 8.42 Å². The molecule has 0 aliphatic rings. The van der Waals surface area contributed by atoms with Gasteiger partial charge in [0.2, 0.25) is 0 Å². The van der Waals surface area contributed by atoms with E-state index in [4.69, 9.17) is 0 Å². The van der Waals surface area contributed by atoms with Gasteiger partial charge in [-0.2, -0.15) is 13.2 Å². The van der Waals surface area contributed by atoms with Crippen LogP contribution in [0.3, 0.4) is 0 Å². The van der Waals surface area contributed by atoms with Crippen molar-refractivity contribution in [3.63, 3.8) is 0 Å². The standard InChI is InChI=1S/CClF3NO2S.Na/c2-6-9(7,8)1(3,4)5;/q-1;+1. The average molecular weight is 206 g/mol. The van der Waals surface area contributed by atoms with Gasteiger partial charge < -0.3 is 4.24 Å². The fourth-order valence-electron chi connectivity index (χ4n) is 0.0391. The number of hydrogen-bond acceptors (Lipinski definition) is 2. The Morgan fingerprint density at radius 2 is 1.60 bits per heavy atom. The number of sulfonamides is 1. The van der Waals surface area contributed by atoms with E-state index in [2.05, 4.69) is 11.8 Å². The number of alkyl halides is 3. The van der Waals surface area contributed by atoms with Crippen molar-refractivity contribution in [2.75, 3.05) is 0 Å². The van der Waals surface area contributed by atoms with Crippen molar-refractivity contribution in [2.45, 2.75) is 5.51 Å². The van der Waals surface area contributed by atoms with Crippen LogP contribution < -0.4 is 29.6 Å². The predicted octanol–water partition coefficient (Wildman–Crippen LogP) is -1.63. The zero-order valence-electron chi connectivity index (χ0n) is 4.68. The van der Waals surface area contributed by atoms with Crippen LogP contribution in [0.15, 0.2) is 0 Å². The maximum absolute atomic E-state index is 11.1. The molecular weight excluding hydrogens is 206 g/mol. The summed E-state index contributed by atoms with van der Waals surface area (Å²) in [5.41, 5.74) is -5.38. The van der Waals surface area contributed by atoms with E-state index in [0.29, 0.717) is 0 Å². The van der Waals surface area contributed by atoms with E-state index in [-0.39, 0.29) is 29.6 Å². The van der Waals surface area contributed by atoms with Crippen LogP contribution in [0.4, 0.5) is 13.2 Å². The first kappa shape index (κ1) is 13.6. The molecule has 0 atom stereocenters. The third kappa shape index (κ3) is 3.40. The van der Waals surface area contributed by atoms with E-state index in [9.17, 15) is 21.6 Å². The molecule has 0 N–H and O–H groups in total. The molecule has 9 heteroatoms. The molecular formula is CClF3NNaO2S. The largest absolute Gasteiger partial charge is 1.00 e. The van der Waals surface area contributed by atoms with E-state index in [1.807, 2.05) is 0 Å². The molecule has 10 heavy (non-hydrogen) atoms. The molecule has 0 heterocycles. The molecule has 0 spiro atoms. The average Bonchev–Trinajstić information content (AvgIpc) is 1.64. The molecule has 3 nitrogen and oxygen atoms in total. The molecule has 0 radical (unpaired) electrons. The minimum absolute atomic E-state index is 0. The van der Waals surface area contributed by atoms with Crippen LogP contribution in [0, 0.1) is 0 Å². The predicted molar refractivity (Wildman–Crippen MR) is 24.2 cm³/mol. The van der Waals surface area contributed by atoms with E-state index >= 15 is 0 Å². The van der Waals surface area contributed by atoms with Crippen LogP contribution in [-0.4, -0.2) is 13.9 Å². The molecule has 0 rings (SSSR count). The zero-order chi connectivity index (χ0) is 7.71. The Balaban J connectivity index is 0. The van der Waals surface area contributed by atoms with Gasteiger partial charge in [0.25, 0.3) is 0 Å². The van der Waals surface area contributed by atoms with Gasteiger partial charge in [-0.3, -0.25) is 11.8 Å². The van der Waals surface area contributed by atoms with E-state index < -0.39 is 15.5 Å². The number of halogens is 4. The van der Waals surface area contributed by atoms with Crippen LogP contribution in [-0.2, 0) is 10.0 Å². The van der Waals surface area contributed by atoms with Crippen LogP contribution in [0.5, 0.6) is 0 Å². The van der Waals surface area contributed by atoms with Crippen molar-refractivity contribution < 1.29 is 51.1 Å². The molecule has 0 aromatic rings. The molecule has 0 unspecified atom stereocenters. The molecule has 0 aliphatic carbocycles. The number of nitrogens with zero attached hydrogens (tertiary/aromatic N) is 1. The molecule has 0 aliphatic heterocycles. The molecule has 0 amide bonds. The third-order valence-corrected chi connectivity index (χ3v) is 1.70. The Bertz CT molecular complexity index is 187. The topological polar surface area (TPSA) is 48.2 Å². The Morgan fingerprint density at radius 3 is 1.60 bits per heavy atom. The first-order valence-corrected chi connectivity index (χ1v) is 3.23. The fraction of sp³-hybridized carbons (Fsp3) is 1.00. The van der Waals surface area contributed by atoms with Crippen molar-refractivity contribution >= 4 is 21.8 Å². The molecule has 0 fully saturated rings. The normalized spacial score (nSPS) is 12.4. The van der Waals surface area contributed by atoms with Crippen molar-refractivity contribution in [2.24, 2.45) is 0 Å². The first-order chi connectivity index (χ1) is 3.81. The second-order valence-electron chi connectivity index (χ2n) is 0.990. The smallest absolute Gasteiger partial charge is 0.455 e. The maximum atomic E-state index is 11.1. The van der Waals surface area contributed by atoms with Crippen molar-refractivity contribution in [3.8, 4) is 0 Å². The Labute approximate surface area is 82.4 Å². The van der Waals surface area contributed by atoms with Crippen LogP contribution >= 0.6 is 11.8 Å². The Morgan fingerprint density at radius 1 is 1.30 bits per heavy atom. The van der Waals surface area contributed by atoms with Crippen LogP contribution in [0.25, 0.3) is 4.24 Å². The zero-order valence-corrected chi connectivity index (χ0v) is 8.26. The first-order valence-electron chi connectivity index (χ1n) is 1.46. The Kier molecular flexibility index (Phi) is 5.60. The molecule has 0 saturated carbocycles. The third-order valence-electron chi connectivity index (χ3n) is 0.383. The van der Waals surface area contributed by atoms with Gasteiger partial charge in [0.1, 0.15) is 0 Å². The van der Waals surface area contributed by atoms with Crippen LogP contribution in [0.1, 0.15) is 0 Å². The molecule has 0 bridgehead atoms. The van der Waals surface area contributed by atoms with Crippen molar-refractivity contribution in [1.29, 1.82) is 0 Å². The second kappa shape index (κ2) is 4.13. The SMILES string of the molecule is O=S(=O)([N-]Cl)C(F)(F)F.[Na+]. The van der Waals surface area contributed by atoms with Gasteiger partial charge >= 0.3 is 35.1 Å². The van der Waals surface area contributed by atoms with Gasteiger partial charge in [0, 0.05) is 0 Å². The summed E-state index contributed by atoms with van der Waals surface area (Å²) in [6.07, 6.45) is 0. The van der Waals surface area contributed by atoms with Gasteiger partial charge in [0.05, 0.1) is 0 Å². The minimum Gasteiger partial charge on any atom is -0.455 e. The molecule has 0 saturated heterocycles. The monoisotopic (exact) mass is 205 g/mol. The minimum atomic E-state index is -5.45. The van der Waals surface area contributed by atoms with Gasteiger partial charge in [-0.1, -0.05) is 0 Å². The Hall–Kier alpha value is 0.990. The van der Waals surface area contributed by atoms with E-state index in [1.54, 1.807) is 4.24 Å². The summed E-state index contributed by atoms with van der Waals surface area (Å²) in [4.78, 5) is 0. The van der Waals surface area contributed by atoms with Crippen molar-refractivity contribution in [3.05, 3.63) is 4.24 Å². The summed E-state index contributed by atoms with van der Waals surface area (Å²) in [5.74, 6) is 0.